The van der Waals surface area contributed by atoms with Crippen molar-refractivity contribution >= 4 is 31.8 Å². The molecule has 0 aliphatic carbocycles. The zero-order valence-electron chi connectivity index (χ0n) is 11.7. The van der Waals surface area contributed by atoms with E-state index in [-0.39, 0.29) is 16.3 Å². The first-order valence-electron chi connectivity index (χ1n) is 6.30. The third-order valence-corrected chi connectivity index (χ3v) is 4.78. The molecule has 0 atom stereocenters. The molecule has 0 amide bonds. The van der Waals surface area contributed by atoms with Crippen molar-refractivity contribution in [1.82, 2.24) is 0 Å². The van der Waals surface area contributed by atoms with Gasteiger partial charge in [0, 0.05) is 5.56 Å². The zero-order valence-corrected chi connectivity index (χ0v) is 13.4. The van der Waals surface area contributed by atoms with E-state index in [9.17, 15) is 21.9 Å². The molecule has 7 nitrogen and oxygen atoms in total. The molecule has 0 spiro atoms. The number of para-hydroxylation sites is 2. The number of sulfonamides is 2. The smallest absolute Gasteiger partial charge is 0.255 e. The van der Waals surface area contributed by atoms with Crippen LogP contribution in [-0.2, 0) is 20.0 Å². The highest BCUT2D eigenvalue weighted by atomic mass is 32.2. The molecule has 0 saturated heterocycles. The normalized spacial score (nSPS) is 12.4. The Morgan fingerprint density at radius 3 is 2.22 bits per heavy atom. The molecule has 122 valence electrons. The van der Waals surface area contributed by atoms with Crippen molar-refractivity contribution in [2.45, 2.75) is 4.90 Å². The first kappa shape index (κ1) is 17.0. The van der Waals surface area contributed by atoms with E-state index in [0.717, 1.165) is 5.41 Å². The van der Waals surface area contributed by atoms with Gasteiger partial charge in [-0.1, -0.05) is 30.3 Å². The third kappa shape index (κ3) is 4.55. The number of anilines is 1. The number of hydrogen-bond acceptors (Lipinski definition) is 5. The molecule has 0 aromatic heterocycles. The molecular formula is C14H14N2O5S2. The number of primary sulfonamides is 1. The molecule has 0 bridgehead atoms. The number of nitrogens with one attached hydrogen (secondary N) is 1. The van der Waals surface area contributed by atoms with Crippen LogP contribution in [0.2, 0.25) is 0 Å². The standard InChI is InChI=1S/C14H14N2O5S2/c15-23(20,21)14-8-4-2-6-12(14)16-22(18,19)10-9-11-5-1-3-7-13(11)17/h1-10,16-17H,(H2,15,20,21). The molecule has 2 aromatic rings. The van der Waals surface area contributed by atoms with Gasteiger partial charge in [0.05, 0.1) is 11.1 Å². The summed E-state index contributed by atoms with van der Waals surface area (Å²) < 4.78 is 49.1. The van der Waals surface area contributed by atoms with E-state index in [1.54, 1.807) is 12.1 Å². The largest absolute Gasteiger partial charge is 0.507 e. The predicted octanol–water partition coefficient (Wildman–Crippen LogP) is 1.45. The van der Waals surface area contributed by atoms with Crippen LogP contribution >= 0.6 is 0 Å². The van der Waals surface area contributed by atoms with E-state index < -0.39 is 20.0 Å². The number of benzene rings is 2. The quantitative estimate of drug-likeness (QED) is 0.749. The molecule has 2 aromatic carbocycles. The summed E-state index contributed by atoms with van der Waals surface area (Å²) in [6.45, 7) is 0. The van der Waals surface area contributed by atoms with Crippen molar-refractivity contribution in [2.24, 2.45) is 5.14 Å². The molecule has 4 N–H and O–H groups in total. The van der Waals surface area contributed by atoms with Gasteiger partial charge in [0.2, 0.25) is 10.0 Å². The van der Waals surface area contributed by atoms with Crippen molar-refractivity contribution in [1.29, 1.82) is 0 Å². The molecule has 0 aliphatic rings. The average Bonchev–Trinajstić information content (AvgIpc) is 2.45. The Bertz CT molecular complexity index is 951. The minimum atomic E-state index is -4.07. The van der Waals surface area contributed by atoms with Crippen LogP contribution in [0, 0.1) is 0 Å². The highest BCUT2D eigenvalue weighted by molar-refractivity contribution is 7.95. The van der Waals surface area contributed by atoms with Gasteiger partial charge in [-0.05, 0) is 24.3 Å². The number of hydrogen-bond donors (Lipinski definition) is 3. The number of phenols is 1. The van der Waals surface area contributed by atoms with Crippen LogP contribution in [0.4, 0.5) is 5.69 Å². The molecule has 23 heavy (non-hydrogen) atoms. The lowest BCUT2D eigenvalue weighted by Gasteiger charge is -2.09. The Balaban J connectivity index is 2.32. The van der Waals surface area contributed by atoms with Gasteiger partial charge in [-0.15, -0.1) is 0 Å². The molecule has 0 heterocycles. The van der Waals surface area contributed by atoms with Gasteiger partial charge in [-0.25, -0.2) is 22.0 Å². The molecule has 2 rings (SSSR count). The molecule has 0 unspecified atom stereocenters. The first-order valence-corrected chi connectivity index (χ1v) is 9.39. The van der Waals surface area contributed by atoms with Gasteiger partial charge in [-0.2, -0.15) is 0 Å². The fourth-order valence-electron chi connectivity index (χ4n) is 1.78. The summed E-state index contributed by atoms with van der Waals surface area (Å²) in [5.41, 5.74) is 0.148. The Labute approximate surface area is 134 Å². The van der Waals surface area contributed by atoms with E-state index in [0.29, 0.717) is 5.56 Å². The highest BCUT2D eigenvalue weighted by Crippen LogP contribution is 2.22. The Kier molecular flexibility index (Phi) is 4.73. The highest BCUT2D eigenvalue weighted by Gasteiger charge is 2.16. The summed E-state index contributed by atoms with van der Waals surface area (Å²) in [5, 5.41) is 15.5. The number of rotatable bonds is 5. The van der Waals surface area contributed by atoms with E-state index in [4.69, 9.17) is 5.14 Å². The van der Waals surface area contributed by atoms with Crippen molar-refractivity contribution in [3.63, 3.8) is 0 Å². The Hall–Kier alpha value is -2.36. The lowest BCUT2D eigenvalue weighted by atomic mass is 10.2. The van der Waals surface area contributed by atoms with Crippen molar-refractivity contribution in [3.8, 4) is 5.75 Å². The molecule has 0 saturated carbocycles. The van der Waals surface area contributed by atoms with Crippen LogP contribution in [0.3, 0.4) is 0 Å². The second kappa shape index (κ2) is 6.41. The minimum Gasteiger partial charge on any atom is -0.507 e. The lowest BCUT2D eigenvalue weighted by Crippen LogP contribution is -2.17. The van der Waals surface area contributed by atoms with Crippen molar-refractivity contribution < 1.29 is 21.9 Å². The zero-order chi connectivity index (χ0) is 17.1. The molecule has 9 heteroatoms. The van der Waals surface area contributed by atoms with Crippen LogP contribution in [0.25, 0.3) is 6.08 Å². The Morgan fingerprint density at radius 2 is 1.57 bits per heavy atom. The minimum absolute atomic E-state index is 0.0797. The van der Waals surface area contributed by atoms with Gasteiger partial charge < -0.3 is 5.11 Å². The number of nitrogens with two attached hydrogens (primary N) is 1. The number of aromatic hydroxyl groups is 1. The summed E-state index contributed by atoms with van der Waals surface area (Å²) in [7, 11) is -8.06. The van der Waals surface area contributed by atoms with Crippen molar-refractivity contribution in [2.75, 3.05) is 4.72 Å². The monoisotopic (exact) mass is 354 g/mol. The maximum atomic E-state index is 12.0. The maximum absolute atomic E-state index is 12.0. The fourth-order valence-corrected chi connectivity index (χ4v) is 3.41. The molecule has 0 radical (unpaired) electrons. The maximum Gasteiger partial charge on any atom is 0.255 e. The lowest BCUT2D eigenvalue weighted by molar-refractivity contribution is 0.474. The average molecular weight is 354 g/mol. The van der Waals surface area contributed by atoms with E-state index in [1.807, 2.05) is 0 Å². The molecule has 0 aliphatic heterocycles. The van der Waals surface area contributed by atoms with Crippen LogP contribution in [-0.4, -0.2) is 21.9 Å². The summed E-state index contributed by atoms with van der Waals surface area (Å²) in [4.78, 5) is -0.334. The van der Waals surface area contributed by atoms with E-state index in [2.05, 4.69) is 4.72 Å². The van der Waals surface area contributed by atoms with E-state index in [1.165, 1.54) is 42.5 Å². The summed E-state index contributed by atoms with van der Waals surface area (Å²) in [5.74, 6) is -0.0797. The molecule has 0 fully saturated rings. The third-order valence-electron chi connectivity index (χ3n) is 2.81. The van der Waals surface area contributed by atoms with Crippen LogP contribution in [0.15, 0.2) is 58.8 Å². The topological polar surface area (TPSA) is 127 Å². The van der Waals surface area contributed by atoms with Gasteiger partial charge in [0.1, 0.15) is 10.6 Å². The van der Waals surface area contributed by atoms with E-state index >= 15 is 0 Å². The second-order valence-corrected chi connectivity index (χ2v) is 7.65. The summed E-state index contributed by atoms with van der Waals surface area (Å²) in [6, 6.07) is 11.5. The first-order chi connectivity index (χ1) is 10.7. The Morgan fingerprint density at radius 1 is 0.957 bits per heavy atom. The summed E-state index contributed by atoms with van der Waals surface area (Å²) in [6.07, 6.45) is 1.19. The predicted molar refractivity (Wildman–Crippen MR) is 87.5 cm³/mol. The molecular weight excluding hydrogens is 340 g/mol. The van der Waals surface area contributed by atoms with Gasteiger partial charge >= 0.3 is 0 Å². The second-order valence-electron chi connectivity index (χ2n) is 4.55. The van der Waals surface area contributed by atoms with Gasteiger partial charge in [0.25, 0.3) is 10.0 Å². The van der Waals surface area contributed by atoms with Gasteiger partial charge in [-0.3, -0.25) is 4.72 Å². The number of phenolic OH excluding ortho intramolecular Hbond substituents is 1. The van der Waals surface area contributed by atoms with Crippen LogP contribution < -0.4 is 9.86 Å². The van der Waals surface area contributed by atoms with Crippen LogP contribution in [0.5, 0.6) is 5.75 Å². The fraction of sp³-hybridized carbons (Fsp3) is 0. The summed E-state index contributed by atoms with van der Waals surface area (Å²) >= 11 is 0. The van der Waals surface area contributed by atoms with Gasteiger partial charge in [0.15, 0.2) is 0 Å². The van der Waals surface area contributed by atoms with Crippen LogP contribution in [0.1, 0.15) is 5.56 Å². The van der Waals surface area contributed by atoms with Crippen molar-refractivity contribution in [3.05, 3.63) is 59.5 Å². The SMILES string of the molecule is NS(=O)(=O)c1ccccc1NS(=O)(=O)C=Cc1ccccc1O.